The van der Waals surface area contributed by atoms with E-state index in [4.69, 9.17) is 0 Å². The molecular formula is C11H9F2N3O. The summed E-state index contributed by atoms with van der Waals surface area (Å²) < 4.78 is 26.1. The molecule has 4 nitrogen and oxygen atoms in total. The van der Waals surface area contributed by atoms with Crippen LogP contribution in [0, 0.1) is 18.6 Å². The van der Waals surface area contributed by atoms with Crippen molar-refractivity contribution < 1.29 is 13.6 Å². The number of aryl methyl sites for hydroxylation is 1. The lowest BCUT2D eigenvalue weighted by Crippen LogP contribution is -2.13. The van der Waals surface area contributed by atoms with Crippen LogP contribution in [0.4, 0.5) is 14.5 Å². The Morgan fingerprint density at radius 3 is 2.76 bits per heavy atom. The molecule has 0 bridgehead atoms. The second-order valence-electron chi connectivity index (χ2n) is 3.51. The van der Waals surface area contributed by atoms with E-state index in [9.17, 15) is 13.6 Å². The summed E-state index contributed by atoms with van der Waals surface area (Å²) in [7, 11) is 0. The molecule has 6 heteroatoms. The van der Waals surface area contributed by atoms with Crippen molar-refractivity contribution in [1.29, 1.82) is 0 Å². The molecule has 88 valence electrons. The molecule has 2 rings (SSSR count). The lowest BCUT2D eigenvalue weighted by molar-refractivity contribution is 0.102. The zero-order valence-corrected chi connectivity index (χ0v) is 8.92. The predicted molar refractivity (Wildman–Crippen MR) is 57.6 cm³/mol. The van der Waals surface area contributed by atoms with Crippen molar-refractivity contribution >= 4 is 11.6 Å². The maximum absolute atomic E-state index is 13.2. The molecule has 2 N–H and O–H groups in total. The molecule has 1 heterocycles. The number of rotatable bonds is 2. The molecule has 1 aromatic carbocycles. The molecule has 0 spiro atoms. The van der Waals surface area contributed by atoms with Gasteiger partial charge in [-0.3, -0.25) is 9.89 Å². The monoisotopic (exact) mass is 237 g/mol. The van der Waals surface area contributed by atoms with Gasteiger partial charge in [0.1, 0.15) is 11.6 Å². The van der Waals surface area contributed by atoms with Crippen LogP contribution in [0.3, 0.4) is 0 Å². The number of halogens is 2. The predicted octanol–water partition coefficient (Wildman–Crippen LogP) is 2.25. The van der Waals surface area contributed by atoms with Crippen LogP contribution in [-0.4, -0.2) is 16.1 Å². The fraction of sp³-hybridized carbons (Fsp3) is 0.0909. The molecule has 0 fully saturated rings. The highest BCUT2D eigenvalue weighted by atomic mass is 19.1. The summed E-state index contributed by atoms with van der Waals surface area (Å²) in [4.78, 5) is 11.6. The Bertz CT molecular complexity index is 566. The van der Waals surface area contributed by atoms with Crippen molar-refractivity contribution in [2.75, 3.05) is 5.32 Å². The number of amides is 1. The number of anilines is 1. The minimum absolute atomic E-state index is 0.117. The molecule has 0 radical (unpaired) electrons. The summed E-state index contributed by atoms with van der Waals surface area (Å²) in [5, 5.41) is 8.54. The van der Waals surface area contributed by atoms with E-state index >= 15 is 0 Å². The van der Waals surface area contributed by atoms with E-state index in [0.29, 0.717) is 5.69 Å². The SMILES string of the molecule is Cc1cc(C(=O)Nc2cc(F)ccc2F)n[nH]1. The average molecular weight is 237 g/mol. The van der Waals surface area contributed by atoms with Gasteiger partial charge in [0.05, 0.1) is 5.69 Å². The van der Waals surface area contributed by atoms with E-state index in [0.717, 1.165) is 18.2 Å². The standard InChI is InChI=1S/C11H9F2N3O/c1-6-4-10(16-15-6)11(17)14-9-5-7(12)2-3-8(9)13/h2-5H,1H3,(H,14,17)(H,15,16). The van der Waals surface area contributed by atoms with Gasteiger partial charge < -0.3 is 5.32 Å². The van der Waals surface area contributed by atoms with Gasteiger partial charge in [0.15, 0.2) is 5.69 Å². The maximum atomic E-state index is 13.2. The minimum atomic E-state index is -0.702. The molecule has 0 aliphatic carbocycles. The van der Waals surface area contributed by atoms with Gasteiger partial charge in [-0.1, -0.05) is 0 Å². The molecule has 0 saturated heterocycles. The third kappa shape index (κ3) is 2.47. The van der Waals surface area contributed by atoms with Crippen molar-refractivity contribution in [3.8, 4) is 0 Å². The average Bonchev–Trinajstić information content (AvgIpc) is 2.70. The highest BCUT2D eigenvalue weighted by molar-refractivity contribution is 6.02. The fourth-order valence-corrected chi connectivity index (χ4v) is 1.31. The number of nitrogens with one attached hydrogen (secondary N) is 2. The van der Waals surface area contributed by atoms with E-state index in [1.807, 2.05) is 0 Å². The van der Waals surface area contributed by atoms with Crippen LogP contribution in [0.2, 0.25) is 0 Å². The van der Waals surface area contributed by atoms with E-state index < -0.39 is 17.5 Å². The number of aromatic amines is 1. The molecule has 0 aliphatic rings. The number of hydrogen-bond acceptors (Lipinski definition) is 2. The molecule has 0 atom stereocenters. The third-order valence-electron chi connectivity index (χ3n) is 2.12. The Labute approximate surface area is 95.7 Å². The summed E-state index contributed by atoms with van der Waals surface area (Å²) in [5.74, 6) is -1.93. The Balaban J connectivity index is 2.21. The fourth-order valence-electron chi connectivity index (χ4n) is 1.31. The number of nitrogens with zero attached hydrogens (tertiary/aromatic N) is 1. The Morgan fingerprint density at radius 1 is 1.35 bits per heavy atom. The van der Waals surface area contributed by atoms with Gasteiger partial charge in [-0.25, -0.2) is 8.78 Å². The Hall–Kier alpha value is -2.24. The van der Waals surface area contributed by atoms with Crippen LogP contribution in [-0.2, 0) is 0 Å². The molecular weight excluding hydrogens is 228 g/mol. The Kier molecular flexibility index (Phi) is 2.86. The number of hydrogen-bond donors (Lipinski definition) is 2. The second kappa shape index (κ2) is 4.32. The quantitative estimate of drug-likeness (QED) is 0.841. The molecule has 2 aromatic rings. The van der Waals surface area contributed by atoms with Gasteiger partial charge in [-0.05, 0) is 25.1 Å². The first-order valence-electron chi connectivity index (χ1n) is 4.84. The second-order valence-corrected chi connectivity index (χ2v) is 3.51. The van der Waals surface area contributed by atoms with Crippen LogP contribution in [0.15, 0.2) is 24.3 Å². The van der Waals surface area contributed by atoms with Gasteiger partial charge in [-0.2, -0.15) is 5.10 Å². The largest absolute Gasteiger partial charge is 0.318 e. The number of H-pyrrole nitrogens is 1. The van der Waals surface area contributed by atoms with Crippen LogP contribution in [0.1, 0.15) is 16.2 Å². The van der Waals surface area contributed by atoms with Gasteiger partial charge >= 0.3 is 0 Å². The zero-order valence-electron chi connectivity index (χ0n) is 8.92. The summed E-state index contributed by atoms with van der Waals surface area (Å²) in [6.45, 7) is 1.73. The zero-order chi connectivity index (χ0) is 12.4. The summed E-state index contributed by atoms with van der Waals surface area (Å²) in [5.41, 5.74) is 0.608. The smallest absolute Gasteiger partial charge is 0.276 e. The highest BCUT2D eigenvalue weighted by Crippen LogP contribution is 2.16. The Morgan fingerprint density at radius 2 is 2.12 bits per heavy atom. The minimum Gasteiger partial charge on any atom is -0.318 e. The summed E-state index contributed by atoms with van der Waals surface area (Å²) in [6, 6.07) is 4.34. The first-order chi connectivity index (χ1) is 8.06. The van der Waals surface area contributed by atoms with Gasteiger partial charge in [0.2, 0.25) is 0 Å². The molecule has 17 heavy (non-hydrogen) atoms. The summed E-state index contributed by atoms with van der Waals surface area (Å²) in [6.07, 6.45) is 0. The van der Waals surface area contributed by atoms with E-state index in [1.54, 1.807) is 6.92 Å². The third-order valence-corrected chi connectivity index (χ3v) is 2.12. The number of carbonyl (C=O) groups is 1. The topological polar surface area (TPSA) is 57.8 Å². The number of aromatic nitrogens is 2. The van der Waals surface area contributed by atoms with Crippen molar-refractivity contribution in [2.24, 2.45) is 0 Å². The van der Waals surface area contributed by atoms with Gasteiger partial charge in [-0.15, -0.1) is 0 Å². The lowest BCUT2D eigenvalue weighted by Gasteiger charge is -2.04. The highest BCUT2D eigenvalue weighted by Gasteiger charge is 2.12. The first-order valence-corrected chi connectivity index (χ1v) is 4.84. The van der Waals surface area contributed by atoms with Crippen molar-refractivity contribution in [3.63, 3.8) is 0 Å². The molecule has 0 aliphatic heterocycles. The van der Waals surface area contributed by atoms with Crippen molar-refractivity contribution in [1.82, 2.24) is 10.2 Å². The summed E-state index contributed by atoms with van der Waals surface area (Å²) >= 11 is 0. The van der Waals surface area contributed by atoms with Crippen molar-refractivity contribution in [2.45, 2.75) is 6.92 Å². The van der Waals surface area contributed by atoms with Gasteiger partial charge in [0.25, 0.3) is 5.91 Å². The van der Waals surface area contributed by atoms with Gasteiger partial charge in [0, 0.05) is 11.8 Å². The normalized spacial score (nSPS) is 10.3. The molecule has 0 saturated carbocycles. The van der Waals surface area contributed by atoms with E-state index in [-0.39, 0.29) is 11.4 Å². The maximum Gasteiger partial charge on any atom is 0.276 e. The molecule has 1 amide bonds. The van der Waals surface area contributed by atoms with Crippen LogP contribution in [0.5, 0.6) is 0 Å². The van der Waals surface area contributed by atoms with Crippen LogP contribution >= 0.6 is 0 Å². The first kappa shape index (κ1) is 11.3. The van der Waals surface area contributed by atoms with Crippen LogP contribution < -0.4 is 5.32 Å². The molecule has 1 aromatic heterocycles. The number of carbonyl (C=O) groups excluding carboxylic acids is 1. The van der Waals surface area contributed by atoms with E-state index in [2.05, 4.69) is 15.5 Å². The number of benzene rings is 1. The molecule has 0 unspecified atom stereocenters. The van der Waals surface area contributed by atoms with E-state index in [1.165, 1.54) is 6.07 Å². The van der Waals surface area contributed by atoms with Crippen LogP contribution in [0.25, 0.3) is 0 Å². The van der Waals surface area contributed by atoms with Crippen molar-refractivity contribution in [3.05, 3.63) is 47.3 Å². The lowest BCUT2D eigenvalue weighted by atomic mass is 10.2.